The summed E-state index contributed by atoms with van der Waals surface area (Å²) >= 11 is 0. The van der Waals surface area contributed by atoms with Crippen LogP contribution in [0.1, 0.15) is 40.0 Å². The Hall–Kier alpha value is 1.60. The predicted molar refractivity (Wildman–Crippen MR) is 33.6 cm³/mol. The first-order chi connectivity index (χ1) is 3.56. The van der Waals surface area contributed by atoms with Gasteiger partial charge in [0.2, 0.25) is 0 Å². The first-order valence-electron chi connectivity index (χ1n) is 3.26. The Kier molecular flexibility index (Phi) is 9.27. The van der Waals surface area contributed by atoms with Crippen molar-refractivity contribution in [2.24, 2.45) is 0 Å². The van der Waals surface area contributed by atoms with Gasteiger partial charge in [-0.05, 0) is 0 Å². The number of unbranched alkanes of at least 4 members (excludes halogenated alkanes) is 1. The van der Waals surface area contributed by atoms with Crippen molar-refractivity contribution < 1.29 is 56.5 Å². The fourth-order valence-electron chi connectivity index (χ4n) is 0.602. The molecule has 0 saturated heterocycles. The zero-order valence-electron chi connectivity index (χ0n) is 7.03. The maximum atomic E-state index is 10.9. The third-order valence-corrected chi connectivity index (χ3v) is 1.13. The Bertz CT molecular complexity index is 56.4. The molecule has 9 heavy (non-hydrogen) atoms. The minimum atomic E-state index is -0.698. The van der Waals surface area contributed by atoms with Crippen LogP contribution in [0.5, 0.6) is 0 Å². The zero-order valence-corrected chi connectivity index (χ0v) is 10.2. The summed E-state index contributed by atoms with van der Waals surface area (Å²) in [6.07, 6.45) is 3.01. The van der Waals surface area contributed by atoms with Gasteiger partial charge in [-0.25, -0.2) is 0 Å². The van der Waals surface area contributed by atoms with E-state index in [1.165, 1.54) is 0 Å². The second-order valence-electron chi connectivity index (χ2n) is 2.86. The molecule has 0 spiro atoms. The monoisotopic (exact) mass is 154 g/mol. The first-order valence-corrected chi connectivity index (χ1v) is 3.26. The molecule has 0 aliphatic rings. The molecule has 0 unspecified atom stereocenters. The summed E-state index contributed by atoms with van der Waals surface area (Å²) in [5.41, 5.74) is -0.698. The van der Waals surface area contributed by atoms with Crippen molar-refractivity contribution in [1.29, 1.82) is 0 Å². The summed E-state index contributed by atoms with van der Waals surface area (Å²) in [4.78, 5) is 0. The van der Waals surface area contributed by atoms with E-state index < -0.39 is 5.60 Å². The molecule has 0 atom stereocenters. The van der Waals surface area contributed by atoms with Gasteiger partial charge in [0.15, 0.2) is 0 Å². The number of hydrogen-bond donors (Lipinski definition) is 0. The van der Waals surface area contributed by atoms with Crippen LogP contribution in [0.25, 0.3) is 0 Å². The van der Waals surface area contributed by atoms with Crippen LogP contribution in [-0.4, -0.2) is 5.60 Å². The minimum absolute atomic E-state index is 0. The summed E-state index contributed by atoms with van der Waals surface area (Å²) in [5, 5.41) is 10.9. The van der Waals surface area contributed by atoms with Crippen molar-refractivity contribution in [1.82, 2.24) is 0 Å². The molecule has 0 fully saturated rings. The summed E-state index contributed by atoms with van der Waals surface area (Å²) in [7, 11) is 0. The first kappa shape index (κ1) is 13.2. The Morgan fingerprint density at radius 3 is 1.89 bits per heavy atom. The maximum Gasteiger partial charge on any atom is 1.00 e. The largest absolute Gasteiger partial charge is 1.00 e. The molecule has 50 valence electrons. The average molecular weight is 154 g/mol. The topological polar surface area (TPSA) is 23.1 Å². The summed E-state index contributed by atoms with van der Waals surface area (Å²) < 4.78 is 0. The summed E-state index contributed by atoms with van der Waals surface area (Å²) in [6, 6.07) is 0. The molecule has 0 N–H and O–H groups in total. The third-order valence-electron chi connectivity index (χ3n) is 1.13. The van der Waals surface area contributed by atoms with Gasteiger partial charge in [0.25, 0.3) is 0 Å². The standard InChI is InChI=1S/C7H15O.K/c1-4-5-6-7(2,3)8;/h4-6H2,1-3H3;/q-1;+1. The molecule has 0 heterocycles. The van der Waals surface area contributed by atoms with Crippen molar-refractivity contribution in [2.75, 3.05) is 0 Å². The van der Waals surface area contributed by atoms with Gasteiger partial charge >= 0.3 is 51.4 Å². The minimum Gasteiger partial charge on any atom is -0.850 e. The molecule has 0 aromatic carbocycles. The van der Waals surface area contributed by atoms with Crippen LogP contribution < -0.4 is 56.5 Å². The molecule has 0 aromatic rings. The van der Waals surface area contributed by atoms with Crippen LogP contribution in [-0.2, 0) is 0 Å². The molecule has 0 aliphatic carbocycles. The van der Waals surface area contributed by atoms with Crippen LogP contribution in [0.15, 0.2) is 0 Å². The van der Waals surface area contributed by atoms with Gasteiger partial charge in [-0.1, -0.05) is 40.0 Å². The maximum absolute atomic E-state index is 10.9. The molecule has 0 radical (unpaired) electrons. The molecular formula is C7H15KO. The number of rotatable bonds is 3. The van der Waals surface area contributed by atoms with Gasteiger partial charge in [-0.3, -0.25) is 0 Å². The van der Waals surface area contributed by atoms with E-state index in [4.69, 9.17) is 0 Å². The van der Waals surface area contributed by atoms with Crippen LogP contribution in [0, 0.1) is 0 Å². The van der Waals surface area contributed by atoms with Gasteiger partial charge < -0.3 is 5.11 Å². The van der Waals surface area contributed by atoms with E-state index in [1.54, 1.807) is 13.8 Å². The average Bonchev–Trinajstić information content (AvgIpc) is 1.59. The Labute approximate surface area is 101 Å². The van der Waals surface area contributed by atoms with Crippen LogP contribution in [0.2, 0.25) is 0 Å². The second kappa shape index (κ2) is 6.32. The Morgan fingerprint density at radius 2 is 1.78 bits per heavy atom. The van der Waals surface area contributed by atoms with Crippen molar-refractivity contribution in [3.8, 4) is 0 Å². The van der Waals surface area contributed by atoms with E-state index in [0.717, 1.165) is 19.3 Å². The van der Waals surface area contributed by atoms with E-state index in [-0.39, 0.29) is 51.4 Å². The van der Waals surface area contributed by atoms with Gasteiger partial charge in [0.05, 0.1) is 0 Å². The van der Waals surface area contributed by atoms with Crippen LogP contribution in [0.4, 0.5) is 0 Å². The summed E-state index contributed by atoms with van der Waals surface area (Å²) in [6.45, 7) is 5.58. The fourth-order valence-corrected chi connectivity index (χ4v) is 0.602. The molecular weight excluding hydrogens is 139 g/mol. The smallest absolute Gasteiger partial charge is 0.850 e. The molecule has 0 amide bonds. The molecule has 2 heteroatoms. The molecule has 0 saturated carbocycles. The molecule has 0 aliphatic heterocycles. The SMILES string of the molecule is CCCCC(C)(C)[O-].[K+]. The predicted octanol–water partition coefficient (Wildman–Crippen LogP) is -1.68. The van der Waals surface area contributed by atoms with E-state index >= 15 is 0 Å². The Morgan fingerprint density at radius 1 is 1.33 bits per heavy atom. The van der Waals surface area contributed by atoms with E-state index in [9.17, 15) is 5.11 Å². The van der Waals surface area contributed by atoms with Crippen molar-refractivity contribution in [2.45, 2.75) is 45.6 Å². The summed E-state index contributed by atoms with van der Waals surface area (Å²) in [5.74, 6) is 0. The Balaban J connectivity index is 0. The zero-order chi connectivity index (χ0) is 6.62. The third kappa shape index (κ3) is 12.7. The van der Waals surface area contributed by atoms with E-state index in [1.807, 2.05) is 0 Å². The normalized spacial score (nSPS) is 10.7. The number of hydrogen-bond acceptors (Lipinski definition) is 1. The van der Waals surface area contributed by atoms with Gasteiger partial charge in [-0.2, -0.15) is 0 Å². The quantitative estimate of drug-likeness (QED) is 0.445. The van der Waals surface area contributed by atoms with Crippen LogP contribution in [0.3, 0.4) is 0 Å². The van der Waals surface area contributed by atoms with E-state index in [0.29, 0.717) is 0 Å². The molecule has 1 nitrogen and oxygen atoms in total. The molecule has 0 bridgehead atoms. The van der Waals surface area contributed by atoms with Gasteiger partial charge in [0, 0.05) is 0 Å². The molecule has 0 aromatic heterocycles. The van der Waals surface area contributed by atoms with Crippen molar-refractivity contribution in [3.05, 3.63) is 0 Å². The molecule has 0 rings (SSSR count). The van der Waals surface area contributed by atoms with E-state index in [2.05, 4.69) is 6.92 Å². The van der Waals surface area contributed by atoms with Crippen molar-refractivity contribution in [3.63, 3.8) is 0 Å². The van der Waals surface area contributed by atoms with Crippen molar-refractivity contribution >= 4 is 0 Å². The second-order valence-corrected chi connectivity index (χ2v) is 2.86. The van der Waals surface area contributed by atoms with Gasteiger partial charge in [-0.15, -0.1) is 5.60 Å². The fraction of sp³-hybridized carbons (Fsp3) is 1.00. The van der Waals surface area contributed by atoms with Gasteiger partial charge in [0.1, 0.15) is 0 Å². The van der Waals surface area contributed by atoms with Crippen LogP contribution >= 0.6 is 0 Å².